The lowest BCUT2D eigenvalue weighted by atomic mass is 10.1. The zero-order valence-electron chi connectivity index (χ0n) is 17.9. The maximum Gasteiger partial charge on any atom is 0.258 e. The number of aromatic nitrogens is 1. The van der Waals surface area contributed by atoms with Gasteiger partial charge in [0.05, 0.1) is 17.4 Å². The van der Waals surface area contributed by atoms with Gasteiger partial charge in [0, 0.05) is 33.8 Å². The summed E-state index contributed by atoms with van der Waals surface area (Å²) in [6.07, 6.45) is 4.31. The van der Waals surface area contributed by atoms with Gasteiger partial charge in [0.2, 0.25) is 0 Å². The molecule has 164 valence electrons. The standard InChI is InChI=1S/C26H21N3O3S/c1-33-23-9-5-3-7-21(23)25(30)28-19-12-10-17(11-13-19)26(31)29-15-14-18-16-27-32-24(18)20-6-2-4-8-22(20)29/h2-13,16H,14-15H2,1H3,(H,28,30). The van der Waals surface area contributed by atoms with E-state index < -0.39 is 0 Å². The Kier molecular flexibility index (Phi) is 5.71. The monoisotopic (exact) mass is 455 g/mol. The van der Waals surface area contributed by atoms with E-state index in [2.05, 4.69) is 10.5 Å². The second-order valence-corrected chi connectivity index (χ2v) is 8.48. The van der Waals surface area contributed by atoms with Crippen molar-refractivity contribution in [2.24, 2.45) is 0 Å². The molecule has 0 bridgehead atoms. The van der Waals surface area contributed by atoms with Gasteiger partial charge in [-0.25, -0.2) is 0 Å². The van der Waals surface area contributed by atoms with Gasteiger partial charge in [-0.15, -0.1) is 11.8 Å². The fourth-order valence-electron chi connectivity index (χ4n) is 4.01. The molecule has 0 fully saturated rings. The van der Waals surface area contributed by atoms with E-state index in [1.165, 1.54) is 11.8 Å². The van der Waals surface area contributed by atoms with E-state index in [0.717, 1.165) is 21.7 Å². The summed E-state index contributed by atoms with van der Waals surface area (Å²) in [5.41, 5.74) is 4.44. The summed E-state index contributed by atoms with van der Waals surface area (Å²) in [5, 5.41) is 6.84. The van der Waals surface area contributed by atoms with Crippen molar-refractivity contribution in [2.45, 2.75) is 11.3 Å². The molecule has 5 rings (SSSR count). The molecule has 0 saturated carbocycles. The minimum absolute atomic E-state index is 0.105. The zero-order valence-corrected chi connectivity index (χ0v) is 18.8. The highest BCUT2D eigenvalue weighted by Gasteiger charge is 2.27. The fourth-order valence-corrected chi connectivity index (χ4v) is 4.60. The zero-order chi connectivity index (χ0) is 22.8. The summed E-state index contributed by atoms with van der Waals surface area (Å²) in [5.74, 6) is 0.429. The molecule has 1 aliphatic rings. The molecule has 0 spiro atoms. The van der Waals surface area contributed by atoms with Crippen LogP contribution in [0.2, 0.25) is 0 Å². The number of nitrogens with zero attached hydrogens (tertiary/aromatic N) is 2. The van der Waals surface area contributed by atoms with Crippen LogP contribution in [-0.2, 0) is 6.42 Å². The molecule has 0 radical (unpaired) electrons. The Bertz CT molecular complexity index is 1330. The number of hydrogen-bond donors (Lipinski definition) is 1. The molecule has 1 aliphatic heterocycles. The number of nitrogens with one attached hydrogen (secondary N) is 1. The van der Waals surface area contributed by atoms with Gasteiger partial charge < -0.3 is 14.7 Å². The molecule has 3 aromatic carbocycles. The van der Waals surface area contributed by atoms with Crippen LogP contribution in [-0.4, -0.2) is 29.8 Å². The number of carbonyl (C=O) groups is 2. The molecule has 6 nitrogen and oxygen atoms in total. The number of para-hydroxylation sites is 1. The van der Waals surface area contributed by atoms with E-state index in [0.29, 0.717) is 35.5 Å². The molecule has 0 aliphatic carbocycles. The summed E-state index contributed by atoms with van der Waals surface area (Å²) in [6, 6.07) is 22.2. The molecule has 2 heterocycles. The van der Waals surface area contributed by atoms with E-state index in [1.54, 1.807) is 41.4 Å². The Morgan fingerprint density at radius 1 is 1.00 bits per heavy atom. The summed E-state index contributed by atoms with van der Waals surface area (Å²) >= 11 is 1.53. The van der Waals surface area contributed by atoms with E-state index in [9.17, 15) is 9.59 Å². The highest BCUT2D eigenvalue weighted by molar-refractivity contribution is 7.98. The molecule has 0 saturated heterocycles. The Morgan fingerprint density at radius 2 is 1.76 bits per heavy atom. The second-order valence-electron chi connectivity index (χ2n) is 7.64. The van der Waals surface area contributed by atoms with Crippen molar-refractivity contribution in [3.05, 3.63) is 95.7 Å². The largest absolute Gasteiger partial charge is 0.356 e. The van der Waals surface area contributed by atoms with Crippen LogP contribution < -0.4 is 10.2 Å². The first-order valence-corrected chi connectivity index (χ1v) is 11.8. The fraction of sp³-hybridized carbons (Fsp3) is 0.115. The van der Waals surface area contributed by atoms with Crippen LogP contribution in [0.4, 0.5) is 11.4 Å². The van der Waals surface area contributed by atoms with Gasteiger partial charge in [-0.3, -0.25) is 9.59 Å². The number of hydrogen-bond acceptors (Lipinski definition) is 5. The minimum Gasteiger partial charge on any atom is -0.356 e. The van der Waals surface area contributed by atoms with E-state index in [4.69, 9.17) is 4.52 Å². The number of rotatable bonds is 4. The van der Waals surface area contributed by atoms with Gasteiger partial charge >= 0.3 is 0 Å². The van der Waals surface area contributed by atoms with E-state index in [-0.39, 0.29) is 11.8 Å². The van der Waals surface area contributed by atoms with Crippen molar-refractivity contribution in [1.29, 1.82) is 0 Å². The predicted molar refractivity (Wildman–Crippen MR) is 130 cm³/mol. The Labute approximate surface area is 195 Å². The molecule has 2 amide bonds. The highest BCUT2D eigenvalue weighted by atomic mass is 32.2. The Hall–Kier alpha value is -3.84. The van der Waals surface area contributed by atoms with Crippen molar-refractivity contribution in [1.82, 2.24) is 5.16 Å². The van der Waals surface area contributed by atoms with Crippen molar-refractivity contribution in [2.75, 3.05) is 23.0 Å². The Morgan fingerprint density at radius 3 is 2.58 bits per heavy atom. The quantitative estimate of drug-likeness (QED) is 0.410. The molecule has 1 aromatic heterocycles. The van der Waals surface area contributed by atoms with Gasteiger partial charge in [0.25, 0.3) is 11.8 Å². The SMILES string of the molecule is CSc1ccccc1C(=O)Nc1ccc(C(=O)N2CCc3cnoc3-c3ccccc32)cc1. The lowest BCUT2D eigenvalue weighted by molar-refractivity contribution is 0.0986. The third kappa shape index (κ3) is 4.03. The molecular weight excluding hydrogens is 434 g/mol. The van der Waals surface area contributed by atoms with Crippen LogP contribution in [0.3, 0.4) is 0 Å². The molecular formula is C26H21N3O3S. The highest BCUT2D eigenvalue weighted by Crippen LogP contribution is 2.36. The first-order valence-electron chi connectivity index (χ1n) is 10.5. The van der Waals surface area contributed by atoms with Crippen molar-refractivity contribution < 1.29 is 14.1 Å². The lowest BCUT2D eigenvalue weighted by Crippen LogP contribution is -2.32. The predicted octanol–water partition coefficient (Wildman–Crippen LogP) is 5.52. The topological polar surface area (TPSA) is 75.4 Å². The number of fused-ring (bicyclic) bond motifs is 3. The summed E-state index contributed by atoms with van der Waals surface area (Å²) < 4.78 is 5.47. The number of thioether (sulfide) groups is 1. The number of carbonyl (C=O) groups excluding carboxylic acids is 2. The Balaban J connectivity index is 1.37. The molecule has 7 heteroatoms. The van der Waals surface area contributed by atoms with Crippen molar-refractivity contribution >= 4 is 35.0 Å². The summed E-state index contributed by atoms with van der Waals surface area (Å²) in [4.78, 5) is 28.8. The third-order valence-electron chi connectivity index (χ3n) is 5.67. The van der Waals surface area contributed by atoms with Gasteiger partial charge in [-0.05, 0) is 61.2 Å². The third-order valence-corrected chi connectivity index (χ3v) is 6.47. The van der Waals surface area contributed by atoms with Crippen molar-refractivity contribution in [3.63, 3.8) is 0 Å². The van der Waals surface area contributed by atoms with E-state index >= 15 is 0 Å². The smallest absolute Gasteiger partial charge is 0.258 e. The molecule has 33 heavy (non-hydrogen) atoms. The normalized spacial score (nSPS) is 12.5. The van der Waals surface area contributed by atoms with Gasteiger partial charge in [-0.2, -0.15) is 0 Å². The van der Waals surface area contributed by atoms with Crippen LogP contribution in [0.25, 0.3) is 11.3 Å². The average Bonchev–Trinajstić information content (AvgIpc) is 3.27. The van der Waals surface area contributed by atoms with Gasteiger partial charge in [-0.1, -0.05) is 29.4 Å². The van der Waals surface area contributed by atoms with Crippen LogP contribution in [0.5, 0.6) is 0 Å². The number of amides is 2. The van der Waals surface area contributed by atoms with Crippen molar-refractivity contribution in [3.8, 4) is 11.3 Å². The first-order chi connectivity index (χ1) is 16.2. The molecule has 0 atom stereocenters. The lowest BCUT2D eigenvalue weighted by Gasteiger charge is -2.23. The van der Waals surface area contributed by atoms with Crippen LogP contribution >= 0.6 is 11.8 Å². The van der Waals surface area contributed by atoms with Gasteiger partial charge in [0.1, 0.15) is 0 Å². The first kappa shape index (κ1) is 21.0. The molecule has 1 N–H and O–H groups in total. The van der Waals surface area contributed by atoms with Crippen LogP contribution in [0.1, 0.15) is 26.3 Å². The van der Waals surface area contributed by atoms with Gasteiger partial charge in [0.15, 0.2) is 5.76 Å². The summed E-state index contributed by atoms with van der Waals surface area (Å²) in [6.45, 7) is 0.522. The molecule has 4 aromatic rings. The number of anilines is 2. The van der Waals surface area contributed by atoms with Crippen LogP contribution in [0, 0.1) is 0 Å². The van der Waals surface area contributed by atoms with E-state index in [1.807, 2.05) is 48.7 Å². The second kappa shape index (κ2) is 8.96. The minimum atomic E-state index is -0.178. The van der Waals surface area contributed by atoms with Crippen LogP contribution in [0.15, 0.2) is 88.4 Å². The summed E-state index contributed by atoms with van der Waals surface area (Å²) in [7, 11) is 0. The maximum absolute atomic E-state index is 13.4. The number of benzene rings is 3. The average molecular weight is 456 g/mol. The maximum atomic E-state index is 13.4. The molecule has 0 unspecified atom stereocenters.